The molecule has 9 heteroatoms. The number of non-ortho nitro benzene ring substituents is 1. The summed E-state index contributed by atoms with van der Waals surface area (Å²) in [7, 11) is 0. The summed E-state index contributed by atoms with van der Waals surface area (Å²) in [6, 6.07) is 4.32. The molecule has 1 amide bonds. The third kappa shape index (κ3) is 4.78. The van der Waals surface area contributed by atoms with Crippen molar-refractivity contribution in [3.05, 3.63) is 39.7 Å². The molecule has 0 aliphatic carbocycles. The Morgan fingerprint density at radius 2 is 2.26 bits per heavy atom. The first-order valence-corrected chi connectivity index (χ1v) is 8.07. The zero-order chi connectivity index (χ0) is 16.8. The van der Waals surface area contributed by atoms with Gasteiger partial charge in [-0.25, -0.2) is 4.98 Å². The van der Waals surface area contributed by atoms with Crippen molar-refractivity contribution in [1.29, 1.82) is 0 Å². The number of amides is 1. The summed E-state index contributed by atoms with van der Waals surface area (Å²) in [6.45, 7) is 3.76. The number of carbonyl (C=O) groups excluding carboxylic acids is 1. The van der Waals surface area contributed by atoms with Crippen LogP contribution in [0.25, 0.3) is 0 Å². The molecule has 0 spiro atoms. The Bertz CT molecular complexity index is 716. The molecule has 0 aliphatic heterocycles. The van der Waals surface area contributed by atoms with Crippen molar-refractivity contribution < 1.29 is 9.72 Å². The van der Waals surface area contributed by atoms with Gasteiger partial charge in [0, 0.05) is 24.2 Å². The fraction of sp³-hybridized carbons (Fsp3) is 0.357. The van der Waals surface area contributed by atoms with Crippen molar-refractivity contribution in [2.75, 3.05) is 11.1 Å². The lowest BCUT2D eigenvalue weighted by atomic mass is 10.2. The number of anilines is 1. The van der Waals surface area contributed by atoms with Crippen LogP contribution in [0.1, 0.15) is 24.7 Å². The Balaban J connectivity index is 1.90. The second-order valence-corrected chi connectivity index (χ2v) is 5.85. The molecule has 8 nitrogen and oxygen atoms in total. The van der Waals surface area contributed by atoms with Gasteiger partial charge >= 0.3 is 0 Å². The molecule has 2 N–H and O–H groups in total. The zero-order valence-corrected chi connectivity index (χ0v) is 13.6. The average Bonchev–Trinajstić information content (AvgIpc) is 2.95. The van der Waals surface area contributed by atoms with Crippen molar-refractivity contribution in [2.45, 2.75) is 31.8 Å². The Kier molecular flexibility index (Phi) is 5.69. The number of aryl methyl sites for hydroxylation is 2. The van der Waals surface area contributed by atoms with Crippen molar-refractivity contribution >= 4 is 29.0 Å². The van der Waals surface area contributed by atoms with Crippen LogP contribution in [0.5, 0.6) is 0 Å². The van der Waals surface area contributed by atoms with E-state index in [2.05, 4.69) is 27.4 Å². The first kappa shape index (κ1) is 16.9. The van der Waals surface area contributed by atoms with Crippen LogP contribution in [0.4, 0.5) is 11.4 Å². The van der Waals surface area contributed by atoms with E-state index >= 15 is 0 Å². The molecule has 1 heterocycles. The van der Waals surface area contributed by atoms with Gasteiger partial charge in [0.15, 0.2) is 0 Å². The Hall–Kier alpha value is -2.42. The number of thioether (sulfide) groups is 1. The molecule has 0 saturated carbocycles. The minimum absolute atomic E-state index is 0.000879. The Morgan fingerprint density at radius 3 is 2.91 bits per heavy atom. The number of aromatic nitrogens is 3. The van der Waals surface area contributed by atoms with E-state index in [1.54, 1.807) is 6.92 Å². The standard InChI is InChI=1S/C14H17N5O3S/c1-3-4-12-16-14(18-17-12)23-8-13(20)15-11-6-5-10(19(21)22)7-9(11)2/h5-7H,3-4,8H2,1-2H3,(H,15,20)(H,16,17,18). The normalized spacial score (nSPS) is 10.5. The largest absolute Gasteiger partial charge is 0.325 e. The van der Waals surface area contributed by atoms with Gasteiger partial charge in [-0.05, 0) is 25.0 Å². The molecule has 0 bridgehead atoms. The maximum atomic E-state index is 12.0. The topological polar surface area (TPSA) is 114 Å². The molecule has 0 unspecified atom stereocenters. The van der Waals surface area contributed by atoms with Gasteiger partial charge in [-0.1, -0.05) is 18.7 Å². The Morgan fingerprint density at radius 1 is 1.48 bits per heavy atom. The average molecular weight is 335 g/mol. The van der Waals surface area contributed by atoms with Crippen LogP contribution in [0.15, 0.2) is 23.4 Å². The minimum Gasteiger partial charge on any atom is -0.325 e. The third-order valence-electron chi connectivity index (χ3n) is 3.03. The predicted molar refractivity (Wildman–Crippen MR) is 87.6 cm³/mol. The molecule has 1 aromatic heterocycles. The molecule has 2 aromatic rings. The lowest BCUT2D eigenvalue weighted by molar-refractivity contribution is -0.384. The van der Waals surface area contributed by atoms with Gasteiger partial charge in [0.1, 0.15) is 5.82 Å². The summed E-state index contributed by atoms with van der Waals surface area (Å²) < 4.78 is 0. The van der Waals surface area contributed by atoms with Crippen LogP contribution in [0, 0.1) is 17.0 Å². The summed E-state index contributed by atoms with van der Waals surface area (Å²) in [5.74, 6) is 0.759. The van der Waals surface area contributed by atoms with Gasteiger partial charge in [0.2, 0.25) is 11.1 Å². The number of H-pyrrole nitrogens is 1. The van der Waals surface area contributed by atoms with Gasteiger partial charge in [0.05, 0.1) is 10.7 Å². The number of nitrogens with one attached hydrogen (secondary N) is 2. The van der Waals surface area contributed by atoms with Gasteiger partial charge in [-0.15, -0.1) is 5.10 Å². The maximum absolute atomic E-state index is 12.0. The highest BCUT2D eigenvalue weighted by molar-refractivity contribution is 7.99. The highest BCUT2D eigenvalue weighted by Crippen LogP contribution is 2.21. The van der Waals surface area contributed by atoms with Gasteiger partial charge in [-0.2, -0.15) is 0 Å². The Labute approximate surface area is 137 Å². The molecule has 0 atom stereocenters. The number of nitrogens with zero attached hydrogens (tertiary/aromatic N) is 3. The van der Waals surface area contributed by atoms with Crippen LogP contribution in [-0.4, -0.2) is 31.8 Å². The highest BCUT2D eigenvalue weighted by Gasteiger charge is 2.11. The molecule has 0 saturated heterocycles. The van der Waals surface area contributed by atoms with Gasteiger partial charge in [-0.3, -0.25) is 20.0 Å². The van der Waals surface area contributed by atoms with Crippen LogP contribution in [0.2, 0.25) is 0 Å². The lowest BCUT2D eigenvalue weighted by Gasteiger charge is -2.07. The first-order chi connectivity index (χ1) is 11.0. The molecule has 1 aromatic carbocycles. The fourth-order valence-electron chi connectivity index (χ4n) is 1.91. The number of benzene rings is 1. The van der Waals surface area contributed by atoms with Gasteiger partial charge in [0.25, 0.3) is 5.69 Å². The zero-order valence-electron chi connectivity index (χ0n) is 12.8. The monoisotopic (exact) mass is 335 g/mol. The maximum Gasteiger partial charge on any atom is 0.269 e. The summed E-state index contributed by atoms with van der Waals surface area (Å²) in [4.78, 5) is 26.5. The SMILES string of the molecule is CCCc1nc(SCC(=O)Nc2ccc([N+](=O)[O-])cc2C)n[nH]1. The number of hydrogen-bond donors (Lipinski definition) is 2. The second kappa shape index (κ2) is 7.73. The van der Waals surface area contributed by atoms with E-state index in [1.807, 2.05) is 0 Å². The number of hydrogen-bond acceptors (Lipinski definition) is 6. The lowest BCUT2D eigenvalue weighted by Crippen LogP contribution is -2.15. The molecule has 0 radical (unpaired) electrons. The number of rotatable bonds is 7. The smallest absolute Gasteiger partial charge is 0.269 e. The molecule has 23 heavy (non-hydrogen) atoms. The van der Waals surface area contributed by atoms with Gasteiger partial charge < -0.3 is 5.32 Å². The van der Waals surface area contributed by atoms with Crippen LogP contribution >= 0.6 is 11.8 Å². The van der Waals surface area contributed by atoms with E-state index in [0.29, 0.717) is 16.4 Å². The summed E-state index contributed by atoms with van der Waals surface area (Å²) in [5.41, 5.74) is 1.20. The molecule has 0 fully saturated rings. The third-order valence-corrected chi connectivity index (χ3v) is 3.87. The van der Waals surface area contributed by atoms with Crippen molar-refractivity contribution in [1.82, 2.24) is 15.2 Å². The number of aromatic amines is 1. The number of nitro groups is 1. The van der Waals surface area contributed by atoms with E-state index in [0.717, 1.165) is 18.7 Å². The van der Waals surface area contributed by atoms with Crippen LogP contribution in [-0.2, 0) is 11.2 Å². The fourth-order valence-corrected chi connectivity index (χ4v) is 2.53. The van der Waals surface area contributed by atoms with E-state index in [1.165, 1.54) is 30.0 Å². The van der Waals surface area contributed by atoms with E-state index in [4.69, 9.17) is 0 Å². The highest BCUT2D eigenvalue weighted by atomic mass is 32.2. The first-order valence-electron chi connectivity index (χ1n) is 7.08. The van der Waals surface area contributed by atoms with E-state index < -0.39 is 4.92 Å². The van der Waals surface area contributed by atoms with E-state index in [9.17, 15) is 14.9 Å². The van der Waals surface area contributed by atoms with Crippen LogP contribution in [0.3, 0.4) is 0 Å². The van der Waals surface area contributed by atoms with Crippen molar-refractivity contribution in [3.63, 3.8) is 0 Å². The summed E-state index contributed by atoms with van der Waals surface area (Å²) in [5, 5.41) is 20.8. The predicted octanol–water partition coefficient (Wildman–Crippen LogP) is 2.70. The molecule has 2 rings (SSSR count). The number of nitro benzene ring substituents is 1. The number of carbonyl (C=O) groups is 1. The quantitative estimate of drug-likeness (QED) is 0.457. The minimum atomic E-state index is -0.467. The molecule has 122 valence electrons. The van der Waals surface area contributed by atoms with Crippen molar-refractivity contribution in [3.8, 4) is 0 Å². The molecular formula is C14H17N5O3S. The summed E-state index contributed by atoms with van der Waals surface area (Å²) >= 11 is 1.23. The molecule has 0 aliphatic rings. The van der Waals surface area contributed by atoms with Crippen LogP contribution < -0.4 is 5.32 Å². The van der Waals surface area contributed by atoms with Crippen molar-refractivity contribution in [2.24, 2.45) is 0 Å². The van der Waals surface area contributed by atoms with E-state index in [-0.39, 0.29) is 17.3 Å². The second-order valence-electron chi connectivity index (χ2n) is 4.91. The molecular weight excluding hydrogens is 318 g/mol. The summed E-state index contributed by atoms with van der Waals surface area (Å²) in [6.07, 6.45) is 1.79.